The number of thiazole rings is 1. The minimum absolute atomic E-state index is 0.0187. The second-order valence-electron chi connectivity index (χ2n) is 4.66. The smallest absolute Gasteiger partial charge is 0.311 e. The first-order chi connectivity index (χ1) is 11.1. The quantitative estimate of drug-likeness (QED) is 0.433. The van der Waals surface area contributed by atoms with Crippen LogP contribution in [0.1, 0.15) is 10.7 Å². The summed E-state index contributed by atoms with van der Waals surface area (Å²) in [5.41, 5.74) is 1.08. The van der Waals surface area contributed by atoms with Gasteiger partial charge in [0.1, 0.15) is 5.01 Å². The number of esters is 1. The summed E-state index contributed by atoms with van der Waals surface area (Å²) in [5.74, 6) is 0.175. The lowest BCUT2D eigenvalue weighted by Crippen LogP contribution is -2.13. The number of nitrogens with zero attached hydrogens (tertiary/aromatic N) is 2. The van der Waals surface area contributed by atoms with Gasteiger partial charge in [-0.3, -0.25) is 9.59 Å². The van der Waals surface area contributed by atoms with Gasteiger partial charge >= 0.3 is 5.97 Å². The van der Waals surface area contributed by atoms with Gasteiger partial charge in [0.15, 0.2) is 5.16 Å². The Morgan fingerprint density at radius 1 is 1.35 bits per heavy atom. The van der Waals surface area contributed by atoms with Crippen molar-refractivity contribution in [2.75, 3.05) is 7.11 Å². The first-order valence-electron chi connectivity index (χ1n) is 6.78. The monoisotopic (exact) mass is 347 g/mol. The van der Waals surface area contributed by atoms with E-state index in [1.54, 1.807) is 11.3 Å². The average Bonchev–Trinajstić information content (AvgIpc) is 2.95. The molecule has 6 nitrogen and oxygen atoms in total. The van der Waals surface area contributed by atoms with E-state index in [2.05, 4.69) is 19.7 Å². The number of carbonyl (C=O) groups excluding carboxylic acids is 1. The predicted molar refractivity (Wildman–Crippen MR) is 89.8 cm³/mol. The number of fused-ring (bicyclic) bond motifs is 1. The highest BCUT2D eigenvalue weighted by atomic mass is 32.2. The van der Waals surface area contributed by atoms with Crippen LogP contribution >= 0.6 is 23.1 Å². The van der Waals surface area contributed by atoms with E-state index in [1.165, 1.54) is 24.9 Å². The van der Waals surface area contributed by atoms with Crippen molar-refractivity contribution < 1.29 is 9.53 Å². The Balaban J connectivity index is 1.74. The molecule has 1 aromatic carbocycles. The van der Waals surface area contributed by atoms with Crippen molar-refractivity contribution in [3.05, 3.63) is 51.4 Å². The number of thioether (sulfide) groups is 1. The first kappa shape index (κ1) is 15.7. The highest BCUT2D eigenvalue weighted by Crippen LogP contribution is 2.26. The average molecular weight is 347 g/mol. The summed E-state index contributed by atoms with van der Waals surface area (Å²) in [6, 6.07) is 9.23. The molecule has 118 valence electrons. The van der Waals surface area contributed by atoms with Gasteiger partial charge in [-0.2, -0.15) is 0 Å². The molecule has 2 heterocycles. The maximum absolute atomic E-state index is 11.7. The van der Waals surface area contributed by atoms with Crippen LogP contribution in [0.3, 0.4) is 0 Å². The van der Waals surface area contributed by atoms with Crippen molar-refractivity contribution in [3.8, 4) is 0 Å². The molecule has 0 aliphatic heterocycles. The van der Waals surface area contributed by atoms with Gasteiger partial charge in [0.2, 0.25) is 0 Å². The number of carbonyl (C=O) groups is 1. The maximum atomic E-state index is 11.7. The van der Waals surface area contributed by atoms with Gasteiger partial charge in [-0.1, -0.05) is 23.9 Å². The molecule has 0 spiro atoms. The summed E-state index contributed by atoms with van der Waals surface area (Å²) in [6.07, 6.45) is -0.0187. The van der Waals surface area contributed by atoms with Gasteiger partial charge < -0.3 is 9.72 Å². The van der Waals surface area contributed by atoms with E-state index < -0.39 is 5.97 Å². The molecule has 1 N–H and O–H groups in total. The van der Waals surface area contributed by atoms with E-state index in [0.717, 1.165) is 15.2 Å². The summed E-state index contributed by atoms with van der Waals surface area (Å²) < 4.78 is 5.72. The molecule has 0 fully saturated rings. The number of benzene rings is 1. The summed E-state index contributed by atoms with van der Waals surface area (Å²) in [5, 5.41) is 1.42. The summed E-state index contributed by atoms with van der Waals surface area (Å²) in [4.78, 5) is 34.4. The third-order valence-corrected chi connectivity index (χ3v) is 5.10. The molecular weight excluding hydrogens is 334 g/mol. The standard InChI is InChI=1S/C15H13N3O3S2/c1-21-14(20)7-9-6-12(19)18-15(16-9)22-8-13-17-10-4-2-3-5-11(10)23-13/h2-6H,7-8H2,1H3,(H,16,18,19). The lowest BCUT2D eigenvalue weighted by atomic mass is 10.3. The summed E-state index contributed by atoms with van der Waals surface area (Å²) in [7, 11) is 1.30. The van der Waals surface area contributed by atoms with Crippen molar-refractivity contribution >= 4 is 39.3 Å². The number of H-pyrrole nitrogens is 1. The number of hydrogen-bond donors (Lipinski definition) is 1. The lowest BCUT2D eigenvalue weighted by molar-refractivity contribution is -0.139. The van der Waals surface area contributed by atoms with Gasteiger partial charge in [-0.25, -0.2) is 9.97 Å². The van der Waals surface area contributed by atoms with Crippen LogP contribution in [-0.2, 0) is 21.7 Å². The third-order valence-electron chi connectivity index (χ3n) is 3.00. The zero-order valence-corrected chi connectivity index (χ0v) is 13.9. The van der Waals surface area contributed by atoms with Gasteiger partial charge in [-0.15, -0.1) is 11.3 Å². The molecule has 0 saturated heterocycles. The van der Waals surface area contributed by atoms with Crippen molar-refractivity contribution in [1.82, 2.24) is 15.0 Å². The maximum Gasteiger partial charge on any atom is 0.311 e. The number of hydrogen-bond acceptors (Lipinski definition) is 7. The van der Waals surface area contributed by atoms with Crippen molar-refractivity contribution in [2.45, 2.75) is 17.3 Å². The zero-order chi connectivity index (χ0) is 16.2. The fraction of sp³-hybridized carbons (Fsp3) is 0.200. The van der Waals surface area contributed by atoms with Crippen LogP contribution in [0.25, 0.3) is 10.2 Å². The number of aromatic nitrogens is 3. The number of nitrogens with one attached hydrogen (secondary N) is 1. The Morgan fingerprint density at radius 2 is 2.17 bits per heavy atom. The highest BCUT2D eigenvalue weighted by molar-refractivity contribution is 7.98. The molecule has 0 atom stereocenters. The Hall–Kier alpha value is -2.19. The van der Waals surface area contributed by atoms with Gasteiger partial charge in [0, 0.05) is 6.07 Å². The van der Waals surface area contributed by atoms with Crippen molar-refractivity contribution in [1.29, 1.82) is 0 Å². The fourth-order valence-electron chi connectivity index (χ4n) is 1.97. The number of methoxy groups -OCH3 is 1. The second kappa shape index (κ2) is 6.93. The van der Waals surface area contributed by atoms with Crippen LogP contribution < -0.4 is 5.56 Å². The van der Waals surface area contributed by atoms with E-state index in [9.17, 15) is 9.59 Å². The van der Waals surface area contributed by atoms with E-state index >= 15 is 0 Å². The molecule has 0 unspecified atom stereocenters. The minimum Gasteiger partial charge on any atom is -0.469 e. The molecule has 0 saturated carbocycles. The van der Waals surface area contributed by atoms with E-state index in [1.807, 2.05) is 24.3 Å². The normalized spacial score (nSPS) is 10.8. The van der Waals surface area contributed by atoms with E-state index in [4.69, 9.17) is 0 Å². The molecule has 0 amide bonds. The molecule has 3 rings (SSSR count). The molecule has 0 aliphatic rings. The third kappa shape index (κ3) is 3.96. The summed E-state index contributed by atoms with van der Waals surface area (Å²) >= 11 is 2.99. The first-order valence-corrected chi connectivity index (χ1v) is 8.58. The molecule has 0 bridgehead atoms. The van der Waals surface area contributed by atoms with Crippen LogP contribution in [0.5, 0.6) is 0 Å². The van der Waals surface area contributed by atoms with Crippen molar-refractivity contribution in [2.24, 2.45) is 0 Å². The highest BCUT2D eigenvalue weighted by Gasteiger charge is 2.09. The lowest BCUT2D eigenvalue weighted by Gasteiger charge is -2.02. The number of ether oxygens (including phenoxy) is 1. The largest absolute Gasteiger partial charge is 0.469 e. The van der Waals surface area contributed by atoms with Crippen LogP contribution in [0, 0.1) is 0 Å². The van der Waals surface area contributed by atoms with Gasteiger partial charge in [0.05, 0.1) is 35.2 Å². The summed E-state index contributed by atoms with van der Waals surface area (Å²) in [6.45, 7) is 0. The minimum atomic E-state index is -0.426. The van der Waals surface area contributed by atoms with Gasteiger partial charge in [-0.05, 0) is 12.1 Å². The molecule has 0 aliphatic carbocycles. The van der Waals surface area contributed by atoms with Gasteiger partial charge in [0.25, 0.3) is 5.56 Å². The van der Waals surface area contributed by atoms with Crippen molar-refractivity contribution in [3.63, 3.8) is 0 Å². The molecule has 8 heteroatoms. The Labute approximate surface area is 139 Å². The molecule has 0 radical (unpaired) electrons. The van der Waals surface area contributed by atoms with Crippen LogP contribution in [-0.4, -0.2) is 28.0 Å². The van der Waals surface area contributed by atoms with E-state index in [0.29, 0.717) is 16.6 Å². The predicted octanol–water partition coefficient (Wildman–Crippen LogP) is 2.39. The Morgan fingerprint density at radius 3 is 2.96 bits per heavy atom. The topological polar surface area (TPSA) is 84.9 Å². The fourth-order valence-corrected chi connectivity index (χ4v) is 3.83. The molecule has 3 aromatic rings. The Bertz CT molecular complexity index is 871. The second-order valence-corrected chi connectivity index (χ2v) is 6.74. The number of aromatic amines is 1. The molecular formula is C15H13N3O3S2. The number of para-hydroxylation sites is 1. The SMILES string of the molecule is COC(=O)Cc1cc(=O)[nH]c(SCc2nc3ccccc3s2)n1. The van der Waals surface area contributed by atoms with E-state index in [-0.39, 0.29) is 12.0 Å². The molecule has 2 aromatic heterocycles. The Kier molecular flexibility index (Phi) is 4.73. The van der Waals surface area contributed by atoms with Crippen LogP contribution in [0.4, 0.5) is 0 Å². The van der Waals surface area contributed by atoms with Crippen LogP contribution in [0.15, 0.2) is 40.3 Å². The molecule has 23 heavy (non-hydrogen) atoms. The zero-order valence-electron chi connectivity index (χ0n) is 12.2. The van der Waals surface area contributed by atoms with Crippen LogP contribution in [0.2, 0.25) is 0 Å². The number of rotatable bonds is 5.